The maximum absolute atomic E-state index is 12.3. The normalized spacial score (nSPS) is 14.8. The number of nitrogens with one attached hydrogen (secondary N) is 2. The summed E-state index contributed by atoms with van der Waals surface area (Å²) >= 11 is 2.85. The first kappa shape index (κ1) is 18.5. The van der Waals surface area contributed by atoms with Crippen molar-refractivity contribution in [2.75, 3.05) is 13.1 Å². The fraction of sp³-hybridized carbons (Fsp3) is 0.412. The van der Waals surface area contributed by atoms with Crippen LogP contribution in [0, 0.1) is 6.92 Å². The molecule has 1 fully saturated rings. The van der Waals surface area contributed by atoms with Crippen LogP contribution < -0.4 is 10.9 Å². The van der Waals surface area contributed by atoms with Crippen LogP contribution in [0.3, 0.4) is 0 Å². The molecule has 2 aromatic heterocycles. The number of hydrogen-bond donors (Lipinski definition) is 2. The van der Waals surface area contributed by atoms with E-state index >= 15 is 0 Å². The Balaban J connectivity index is 1.55. The predicted molar refractivity (Wildman–Crippen MR) is 101 cm³/mol. The number of hydrazine groups is 1. The minimum absolute atomic E-state index is 0.0114. The van der Waals surface area contributed by atoms with E-state index in [2.05, 4.69) is 15.8 Å². The van der Waals surface area contributed by atoms with Crippen molar-refractivity contribution >= 4 is 40.4 Å². The Morgan fingerprint density at radius 2 is 2.12 bits per heavy atom. The smallest absolute Gasteiger partial charge is 0.281 e. The highest BCUT2D eigenvalue weighted by atomic mass is 32.1. The van der Waals surface area contributed by atoms with Crippen molar-refractivity contribution in [2.24, 2.45) is 0 Å². The molecule has 2 N–H and O–H groups in total. The van der Waals surface area contributed by atoms with Crippen LogP contribution in [0.5, 0.6) is 0 Å². The van der Waals surface area contributed by atoms with Gasteiger partial charge >= 0.3 is 0 Å². The number of thiophene rings is 1. The van der Waals surface area contributed by atoms with Crippen molar-refractivity contribution in [2.45, 2.75) is 32.6 Å². The van der Waals surface area contributed by atoms with Crippen molar-refractivity contribution in [3.63, 3.8) is 0 Å². The molecule has 26 heavy (non-hydrogen) atoms. The Hall–Kier alpha value is -2.26. The maximum Gasteiger partial charge on any atom is 0.281 e. The second kappa shape index (κ2) is 8.41. The summed E-state index contributed by atoms with van der Waals surface area (Å²) in [6.45, 7) is 2.30. The van der Waals surface area contributed by atoms with E-state index in [1.54, 1.807) is 23.2 Å². The summed E-state index contributed by atoms with van der Waals surface area (Å²) < 4.78 is 0. The van der Waals surface area contributed by atoms with Gasteiger partial charge in [-0.2, -0.15) is 11.3 Å². The summed E-state index contributed by atoms with van der Waals surface area (Å²) in [7, 11) is 0. The number of nitrogens with zero attached hydrogens (tertiary/aromatic N) is 2. The average Bonchev–Trinajstić information content (AvgIpc) is 3.23. The summed E-state index contributed by atoms with van der Waals surface area (Å²) in [5, 5.41) is 4.70. The molecule has 1 aliphatic rings. The van der Waals surface area contributed by atoms with Gasteiger partial charge in [0, 0.05) is 23.9 Å². The molecule has 9 heteroatoms. The topological polar surface area (TPSA) is 91.4 Å². The summed E-state index contributed by atoms with van der Waals surface area (Å²) in [4.78, 5) is 42.7. The fourth-order valence-electron chi connectivity index (χ4n) is 2.72. The molecule has 0 saturated carbocycles. The fourth-order valence-corrected chi connectivity index (χ4v) is 4.39. The molecule has 0 bridgehead atoms. The van der Waals surface area contributed by atoms with Gasteiger partial charge in [-0.25, -0.2) is 4.98 Å². The molecule has 3 heterocycles. The number of aryl methyl sites for hydroxylation is 1. The van der Waals surface area contributed by atoms with Gasteiger partial charge in [-0.15, -0.1) is 11.3 Å². The van der Waals surface area contributed by atoms with Crippen LogP contribution in [-0.2, 0) is 9.59 Å². The summed E-state index contributed by atoms with van der Waals surface area (Å²) in [6, 6.07) is 1.95. The average molecular weight is 393 g/mol. The second-order valence-electron chi connectivity index (χ2n) is 6.07. The highest BCUT2D eigenvalue weighted by Gasteiger charge is 2.20. The van der Waals surface area contributed by atoms with Gasteiger partial charge < -0.3 is 4.90 Å². The van der Waals surface area contributed by atoms with E-state index in [9.17, 15) is 14.4 Å². The van der Waals surface area contributed by atoms with Gasteiger partial charge in [0.1, 0.15) is 16.4 Å². The zero-order chi connectivity index (χ0) is 18.5. The largest absolute Gasteiger partial charge is 0.333 e. The predicted octanol–water partition coefficient (Wildman–Crippen LogP) is 2.34. The van der Waals surface area contributed by atoms with Gasteiger partial charge in [-0.3, -0.25) is 25.2 Å². The standard InChI is InChI=1S/C17H20N4O3S2/c1-11-15(26-17(18-11)12-6-8-25-10-12)16(24)20-19-13(22)9-21-7-4-2-3-5-14(21)23/h6,8,10H,2-5,7,9H2,1H3,(H,19,22)(H,20,24). The molecule has 1 saturated heterocycles. The summed E-state index contributed by atoms with van der Waals surface area (Å²) in [5.41, 5.74) is 6.40. The van der Waals surface area contributed by atoms with Crippen molar-refractivity contribution < 1.29 is 14.4 Å². The number of thiazole rings is 1. The van der Waals surface area contributed by atoms with Crippen LogP contribution in [0.1, 0.15) is 41.0 Å². The molecule has 0 unspecified atom stereocenters. The molecule has 1 aliphatic heterocycles. The number of carbonyl (C=O) groups is 3. The molecule has 0 radical (unpaired) electrons. The molecule has 3 rings (SSSR count). The SMILES string of the molecule is Cc1nc(-c2ccsc2)sc1C(=O)NNC(=O)CN1CCCCCC1=O. The lowest BCUT2D eigenvalue weighted by molar-refractivity contribution is -0.135. The van der Waals surface area contributed by atoms with Gasteiger partial charge in [0.25, 0.3) is 11.8 Å². The lowest BCUT2D eigenvalue weighted by Crippen LogP contribution is -2.47. The van der Waals surface area contributed by atoms with Gasteiger partial charge in [-0.1, -0.05) is 6.42 Å². The molecule has 0 atom stereocenters. The maximum atomic E-state index is 12.3. The van der Waals surface area contributed by atoms with Crippen molar-refractivity contribution in [3.8, 4) is 10.6 Å². The minimum Gasteiger partial charge on any atom is -0.333 e. The van der Waals surface area contributed by atoms with Crippen LogP contribution in [0.2, 0.25) is 0 Å². The van der Waals surface area contributed by atoms with E-state index in [-0.39, 0.29) is 12.5 Å². The molecule has 3 amide bonds. The van der Waals surface area contributed by atoms with Crippen LogP contribution in [0.4, 0.5) is 0 Å². The highest BCUT2D eigenvalue weighted by molar-refractivity contribution is 7.17. The lowest BCUT2D eigenvalue weighted by atomic mass is 10.2. The van der Waals surface area contributed by atoms with Gasteiger partial charge in [-0.05, 0) is 31.2 Å². The third kappa shape index (κ3) is 4.47. The first-order valence-electron chi connectivity index (χ1n) is 8.41. The minimum atomic E-state index is -0.408. The number of amides is 3. The Kier molecular flexibility index (Phi) is 6.00. The quantitative estimate of drug-likeness (QED) is 0.782. The van der Waals surface area contributed by atoms with Crippen molar-refractivity contribution in [1.82, 2.24) is 20.7 Å². The molecule has 0 aliphatic carbocycles. The Morgan fingerprint density at radius 3 is 2.88 bits per heavy atom. The number of likely N-dealkylation sites (tertiary alicyclic amines) is 1. The Labute approximate surface area is 159 Å². The molecule has 7 nitrogen and oxygen atoms in total. The van der Waals surface area contributed by atoms with E-state index in [1.807, 2.05) is 16.8 Å². The number of carbonyl (C=O) groups excluding carboxylic acids is 3. The lowest BCUT2D eigenvalue weighted by Gasteiger charge is -2.19. The van der Waals surface area contributed by atoms with Gasteiger partial charge in [0.2, 0.25) is 5.91 Å². The number of hydrogen-bond acceptors (Lipinski definition) is 6. The van der Waals surface area contributed by atoms with Crippen LogP contribution in [-0.4, -0.2) is 40.7 Å². The zero-order valence-electron chi connectivity index (χ0n) is 14.4. The summed E-state index contributed by atoms with van der Waals surface area (Å²) in [5.74, 6) is -0.825. The molecular formula is C17H20N4O3S2. The van der Waals surface area contributed by atoms with E-state index in [4.69, 9.17) is 0 Å². The third-order valence-corrected chi connectivity index (χ3v) is 5.98. The number of rotatable bonds is 4. The number of aromatic nitrogens is 1. The van der Waals surface area contributed by atoms with Crippen LogP contribution >= 0.6 is 22.7 Å². The second-order valence-corrected chi connectivity index (χ2v) is 7.85. The first-order chi connectivity index (χ1) is 12.5. The monoisotopic (exact) mass is 392 g/mol. The summed E-state index contributed by atoms with van der Waals surface area (Å²) in [6.07, 6.45) is 3.24. The Morgan fingerprint density at radius 1 is 1.27 bits per heavy atom. The van der Waals surface area contributed by atoms with Crippen molar-refractivity contribution in [3.05, 3.63) is 27.4 Å². The van der Waals surface area contributed by atoms with Gasteiger partial charge in [0.15, 0.2) is 0 Å². The molecule has 0 aromatic carbocycles. The molecule has 0 spiro atoms. The van der Waals surface area contributed by atoms with Crippen LogP contribution in [0.15, 0.2) is 16.8 Å². The highest BCUT2D eigenvalue weighted by Crippen LogP contribution is 2.29. The van der Waals surface area contributed by atoms with E-state index < -0.39 is 11.8 Å². The van der Waals surface area contributed by atoms with Crippen molar-refractivity contribution in [1.29, 1.82) is 0 Å². The molecule has 2 aromatic rings. The van der Waals surface area contributed by atoms with E-state index in [0.717, 1.165) is 29.8 Å². The molecular weight excluding hydrogens is 372 g/mol. The first-order valence-corrected chi connectivity index (χ1v) is 10.2. The third-order valence-electron chi connectivity index (χ3n) is 4.09. The van der Waals surface area contributed by atoms with Gasteiger partial charge in [0.05, 0.1) is 5.69 Å². The Bertz CT molecular complexity index is 801. The van der Waals surface area contributed by atoms with E-state index in [0.29, 0.717) is 23.5 Å². The van der Waals surface area contributed by atoms with Crippen LogP contribution in [0.25, 0.3) is 10.6 Å². The zero-order valence-corrected chi connectivity index (χ0v) is 16.0. The molecule has 138 valence electrons. The van der Waals surface area contributed by atoms with E-state index in [1.165, 1.54) is 11.3 Å².